The molecule has 3 aliphatic rings. The molecule has 5 rings (SSSR count). The van der Waals surface area contributed by atoms with Gasteiger partial charge in [0.05, 0.1) is 5.92 Å². The summed E-state index contributed by atoms with van der Waals surface area (Å²) in [5, 5.41) is 4.65. The van der Waals surface area contributed by atoms with Gasteiger partial charge in [-0.15, -0.1) is 5.10 Å². The third-order valence-corrected chi connectivity index (χ3v) is 7.16. The van der Waals surface area contributed by atoms with Gasteiger partial charge in [-0.3, -0.25) is 9.69 Å². The highest BCUT2D eigenvalue weighted by Crippen LogP contribution is 2.25. The summed E-state index contributed by atoms with van der Waals surface area (Å²) in [6.07, 6.45) is 8.31. The first-order valence-electron chi connectivity index (χ1n) is 11.4. The number of nitrogens with zero attached hydrogens (tertiary/aromatic N) is 7. The molecule has 162 valence electrons. The first kappa shape index (κ1) is 19.8. The molecule has 0 aromatic carbocycles. The summed E-state index contributed by atoms with van der Waals surface area (Å²) >= 11 is 0. The molecule has 8 nitrogen and oxygen atoms in total. The predicted molar refractivity (Wildman–Crippen MR) is 117 cm³/mol. The number of imidazole rings is 1. The van der Waals surface area contributed by atoms with E-state index in [2.05, 4.69) is 36.7 Å². The van der Waals surface area contributed by atoms with Gasteiger partial charge in [-0.05, 0) is 64.5 Å². The highest BCUT2D eigenvalue weighted by molar-refractivity contribution is 5.79. The Morgan fingerprint density at radius 1 is 1.00 bits per heavy atom. The van der Waals surface area contributed by atoms with Crippen LogP contribution in [0.3, 0.4) is 0 Å². The molecular formula is C22H33N7O. The average molecular weight is 412 g/mol. The lowest BCUT2D eigenvalue weighted by Crippen LogP contribution is -2.54. The maximum atomic E-state index is 13.3. The topological polar surface area (TPSA) is 60.2 Å². The van der Waals surface area contributed by atoms with Gasteiger partial charge < -0.3 is 14.7 Å². The maximum Gasteiger partial charge on any atom is 0.227 e. The number of anilines is 1. The van der Waals surface area contributed by atoms with E-state index in [1.54, 1.807) is 6.20 Å². The molecule has 5 heterocycles. The molecule has 2 aromatic heterocycles. The Kier molecular flexibility index (Phi) is 5.60. The molecule has 0 spiro atoms. The second kappa shape index (κ2) is 8.51. The molecule has 3 aliphatic heterocycles. The average Bonchev–Trinajstić information content (AvgIpc) is 3.27. The van der Waals surface area contributed by atoms with Crippen LogP contribution in [-0.2, 0) is 4.79 Å². The number of carbonyl (C=O) groups excluding carboxylic acids is 1. The normalized spacial score (nSPS) is 25.2. The Hall–Kier alpha value is -2.19. The molecule has 0 aliphatic carbocycles. The molecular weight excluding hydrogens is 378 g/mol. The molecule has 0 bridgehead atoms. The number of piperidine rings is 2. The van der Waals surface area contributed by atoms with Crippen molar-refractivity contribution in [2.24, 2.45) is 5.92 Å². The SMILES string of the molecule is CN1CCC(N2CCC[C@H](C(=O)N3CCN(c4ccc5nccn5n4)CC3)C2)CC1. The molecule has 3 fully saturated rings. The largest absolute Gasteiger partial charge is 0.352 e. The molecule has 30 heavy (non-hydrogen) atoms. The van der Waals surface area contributed by atoms with Gasteiger partial charge in [0, 0.05) is 51.2 Å². The zero-order valence-corrected chi connectivity index (χ0v) is 18.0. The molecule has 0 radical (unpaired) electrons. The van der Waals surface area contributed by atoms with Crippen LogP contribution in [0.4, 0.5) is 5.82 Å². The number of fused-ring (bicyclic) bond motifs is 1. The van der Waals surface area contributed by atoms with E-state index in [0.717, 1.165) is 63.6 Å². The molecule has 3 saturated heterocycles. The Labute approximate surface area is 178 Å². The molecule has 2 aromatic rings. The van der Waals surface area contributed by atoms with E-state index in [1.807, 2.05) is 22.8 Å². The number of carbonyl (C=O) groups is 1. The summed E-state index contributed by atoms with van der Waals surface area (Å²) in [4.78, 5) is 26.9. The van der Waals surface area contributed by atoms with Gasteiger partial charge in [-0.25, -0.2) is 9.50 Å². The maximum absolute atomic E-state index is 13.3. The highest BCUT2D eigenvalue weighted by Gasteiger charge is 2.34. The zero-order valence-electron chi connectivity index (χ0n) is 18.0. The summed E-state index contributed by atoms with van der Waals surface area (Å²) in [7, 11) is 2.21. The minimum atomic E-state index is 0.172. The van der Waals surface area contributed by atoms with Crippen LogP contribution in [0, 0.1) is 5.92 Å². The zero-order chi connectivity index (χ0) is 20.5. The minimum absolute atomic E-state index is 0.172. The van der Waals surface area contributed by atoms with Crippen LogP contribution in [0.1, 0.15) is 25.7 Å². The van der Waals surface area contributed by atoms with Crippen LogP contribution in [-0.4, -0.2) is 101 Å². The van der Waals surface area contributed by atoms with Gasteiger partial charge >= 0.3 is 0 Å². The lowest BCUT2D eigenvalue weighted by atomic mass is 9.92. The van der Waals surface area contributed by atoms with E-state index in [1.165, 1.54) is 25.9 Å². The third kappa shape index (κ3) is 4.03. The second-order valence-corrected chi connectivity index (χ2v) is 9.10. The van der Waals surface area contributed by atoms with Crippen molar-refractivity contribution in [1.29, 1.82) is 0 Å². The van der Waals surface area contributed by atoms with Gasteiger partial charge in [0.15, 0.2) is 5.65 Å². The quantitative estimate of drug-likeness (QED) is 0.756. The summed E-state index contributed by atoms with van der Waals surface area (Å²) < 4.78 is 1.81. The molecule has 1 atom stereocenters. The van der Waals surface area contributed by atoms with Crippen LogP contribution < -0.4 is 4.90 Å². The van der Waals surface area contributed by atoms with E-state index < -0.39 is 0 Å². The summed E-state index contributed by atoms with van der Waals surface area (Å²) in [6.45, 7) is 7.72. The molecule has 1 amide bonds. The molecule has 8 heteroatoms. The number of amides is 1. The fourth-order valence-electron chi connectivity index (χ4n) is 5.29. The van der Waals surface area contributed by atoms with Crippen molar-refractivity contribution in [1.82, 2.24) is 29.3 Å². The van der Waals surface area contributed by atoms with Gasteiger partial charge in [0.25, 0.3) is 0 Å². The van der Waals surface area contributed by atoms with Crippen molar-refractivity contribution >= 4 is 17.4 Å². The number of aromatic nitrogens is 3. The first-order valence-corrected chi connectivity index (χ1v) is 11.4. The van der Waals surface area contributed by atoms with Gasteiger partial charge in [-0.1, -0.05) is 0 Å². The number of piperazine rings is 1. The monoisotopic (exact) mass is 411 g/mol. The van der Waals surface area contributed by atoms with Crippen LogP contribution in [0.25, 0.3) is 5.65 Å². The second-order valence-electron chi connectivity index (χ2n) is 9.10. The summed E-state index contributed by atoms with van der Waals surface area (Å²) in [5.74, 6) is 1.49. The number of hydrogen-bond donors (Lipinski definition) is 0. The Morgan fingerprint density at radius 2 is 1.80 bits per heavy atom. The first-order chi connectivity index (χ1) is 14.7. The van der Waals surface area contributed by atoms with Crippen molar-refractivity contribution in [3.8, 4) is 0 Å². The summed E-state index contributed by atoms with van der Waals surface area (Å²) in [5.41, 5.74) is 0.860. The minimum Gasteiger partial charge on any atom is -0.352 e. The highest BCUT2D eigenvalue weighted by atomic mass is 16.2. The number of likely N-dealkylation sites (tertiary alicyclic amines) is 2. The van der Waals surface area contributed by atoms with Gasteiger partial charge in [-0.2, -0.15) is 0 Å². The van der Waals surface area contributed by atoms with Crippen LogP contribution >= 0.6 is 0 Å². The Morgan fingerprint density at radius 3 is 2.60 bits per heavy atom. The van der Waals surface area contributed by atoms with E-state index in [-0.39, 0.29) is 5.92 Å². The lowest BCUT2D eigenvalue weighted by Gasteiger charge is -2.43. The molecule has 0 unspecified atom stereocenters. The fraction of sp³-hybridized carbons (Fsp3) is 0.682. The van der Waals surface area contributed by atoms with Gasteiger partial charge in [0.2, 0.25) is 5.91 Å². The van der Waals surface area contributed by atoms with Crippen LogP contribution in [0.15, 0.2) is 24.5 Å². The summed E-state index contributed by atoms with van der Waals surface area (Å²) in [6, 6.07) is 4.69. The van der Waals surface area contributed by atoms with Gasteiger partial charge in [0.1, 0.15) is 5.82 Å². The van der Waals surface area contributed by atoms with Crippen molar-refractivity contribution < 1.29 is 4.79 Å². The number of rotatable bonds is 3. The molecule has 0 N–H and O–H groups in total. The molecule has 0 saturated carbocycles. The van der Waals surface area contributed by atoms with Crippen LogP contribution in [0.2, 0.25) is 0 Å². The van der Waals surface area contributed by atoms with Crippen molar-refractivity contribution in [3.63, 3.8) is 0 Å². The third-order valence-electron chi connectivity index (χ3n) is 7.16. The van der Waals surface area contributed by atoms with E-state index in [9.17, 15) is 4.79 Å². The lowest BCUT2D eigenvalue weighted by molar-refractivity contribution is -0.138. The van der Waals surface area contributed by atoms with Crippen molar-refractivity contribution in [3.05, 3.63) is 24.5 Å². The van der Waals surface area contributed by atoms with Crippen molar-refractivity contribution in [2.75, 3.05) is 64.3 Å². The number of hydrogen-bond acceptors (Lipinski definition) is 6. The van der Waals surface area contributed by atoms with E-state index in [0.29, 0.717) is 11.9 Å². The standard InChI is InChI=1S/C22H33N7O/c1-25-10-6-19(7-11-25)28-9-2-3-18(17-28)22(30)27-15-13-26(14-16-27)21-5-4-20-23-8-12-29(20)24-21/h4-5,8,12,18-19H,2-3,6-7,9-11,13-17H2,1H3/t18-/m0/s1. The smallest absolute Gasteiger partial charge is 0.227 e. The Bertz CT molecular complexity index is 867. The van der Waals surface area contributed by atoms with Crippen LogP contribution in [0.5, 0.6) is 0 Å². The fourth-order valence-corrected chi connectivity index (χ4v) is 5.29. The van der Waals surface area contributed by atoms with Crippen molar-refractivity contribution in [2.45, 2.75) is 31.7 Å². The van der Waals surface area contributed by atoms with E-state index in [4.69, 9.17) is 0 Å². The Balaban J connectivity index is 1.16. The predicted octanol–water partition coefficient (Wildman–Crippen LogP) is 1.18. The van der Waals surface area contributed by atoms with E-state index >= 15 is 0 Å².